The first-order valence-electron chi connectivity index (χ1n) is 10.3. The highest BCUT2D eigenvalue weighted by atomic mass is 19.3. The predicted octanol–water partition coefficient (Wildman–Crippen LogP) is 3.54. The summed E-state index contributed by atoms with van der Waals surface area (Å²) in [6, 6.07) is 2.03. The van der Waals surface area contributed by atoms with E-state index in [4.69, 9.17) is 0 Å². The minimum atomic E-state index is -2.58. The average Bonchev–Trinajstić information content (AvgIpc) is 3.20. The normalized spacial score (nSPS) is 25.0. The summed E-state index contributed by atoms with van der Waals surface area (Å²) in [5, 5.41) is 7.28. The van der Waals surface area contributed by atoms with E-state index in [1.54, 1.807) is 17.1 Å². The van der Waals surface area contributed by atoms with E-state index in [2.05, 4.69) is 26.5 Å². The molecule has 5 rings (SSSR count). The molecule has 4 heterocycles. The molecule has 2 atom stereocenters. The molecule has 1 aliphatic carbocycles. The van der Waals surface area contributed by atoms with Gasteiger partial charge in [-0.1, -0.05) is 6.08 Å². The Bertz CT molecular complexity index is 995. The summed E-state index contributed by atoms with van der Waals surface area (Å²) in [6.07, 6.45) is 9.88. The fourth-order valence-corrected chi connectivity index (χ4v) is 4.90. The summed E-state index contributed by atoms with van der Waals surface area (Å²) in [6.45, 7) is 0. The topological polar surface area (TPSA) is 75.9 Å². The second kappa shape index (κ2) is 7.14. The molecule has 1 saturated heterocycles. The smallest absolute Gasteiger partial charge is 0.248 e. The van der Waals surface area contributed by atoms with Crippen LogP contribution >= 0.6 is 0 Å². The highest BCUT2D eigenvalue weighted by molar-refractivity contribution is 5.80. The van der Waals surface area contributed by atoms with Crippen molar-refractivity contribution in [1.29, 1.82) is 0 Å². The van der Waals surface area contributed by atoms with Gasteiger partial charge in [-0.05, 0) is 36.8 Å². The molecule has 7 nitrogen and oxygen atoms in total. The van der Waals surface area contributed by atoms with Gasteiger partial charge in [-0.2, -0.15) is 5.10 Å². The second-order valence-corrected chi connectivity index (χ2v) is 8.62. The Morgan fingerprint density at radius 1 is 1.33 bits per heavy atom. The van der Waals surface area contributed by atoms with Crippen molar-refractivity contribution in [3.8, 4) is 0 Å². The number of aryl methyl sites for hydroxylation is 1. The van der Waals surface area contributed by atoms with Gasteiger partial charge in [0.05, 0.1) is 23.6 Å². The van der Waals surface area contributed by atoms with Crippen LogP contribution in [0.25, 0.3) is 5.57 Å². The maximum Gasteiger partial charge on any atom is 0.248 e. The zero-order valence-electron chi connectivity index (χ0n) is 16.8. The Kier molecular flexibility index (Phi) is 4.56. The number of anilines is 2. The molecule has 30 heavy (non-hydrogen) atoms. The highest BCUT2D eigenvalue weighted by Crippen LogP contribution is 2.45. The minimum absolute atomic E-state index is 0.0138. The predicted molar refractivity (Wildman–Crippen MR) is 107 cm³/mol. The molecule has 2 aromatic rings. The van der Waals surface area contributed by atoms with Gasteiger partial charge in [-0.15, -0.1) is 0 Å². The molecule has 0 spiro atoms. The third-order valence-corrected chi connectivity index (χ3v) is 6.27. The number of carbonyl (C=O) groups is 1. The SMILES string of the molecule is Cn1cc(Nc2nccc(C3=CC4CCC(C3)N4C(=O)CC3CC(F)(F)C3)n2)cn1. The molecular formula is C21H24F2N6O. The van der Waals surface area contributed by atoms with Crippen molar-refractivity contribution < 1.29 is 13.6 Å². The molecule has 2 fully saturated rings. The third-order valence-electron chi connectivity index (χ3n) is 6.27. The Balaban J connectivity index is 1.29. The summed E-state index contributed by atoms with van der Waals surface area (Å²) < 4.78 is 27.9. The van der Waals surface area contributed by atoms with Crippen LogP contribution in [0.1, 0.15) is 44.2 Å². The molecule has 3 aliphatic rings. The quantitative estimate of drug-likeness (QED) is 0.810. The van der Waals surface area contributed by atoms with Crippen molar-refractivity contribution in [3.05, 3.63) is 36.4 Å². The maximum atomic E-state index is 13.1. The van der Waals surface area contributed by atoms with Gasteiger partial charge in [0.15, 0.2) is 0 Å². The van der Waals surface area contributed by atoms with Crippen molar-refractivity contribution in [2.75, 3.05) is 5.32 Å². The molecule has 2 bridgehead atoms. The second-order valence-electron chi connectivity index (χ2n) is 8.62. The number of carbonyl (C=O) groups excluding carboxylic acids is 1. The lowest BCUT2D eigenvalue weighted by atomic mass is 9.79. The number of nitrogens with one attached hydrogen (secondary N) is 1. The fraction of sp³-hybridized carbons (Fsp3) is 0.524. The molecule has 9 heteroatoms. The van der Waals surface area contributed by atoms with Crippen LogP contribution in [0.5, 0.6) is 0 Å². The van der Waals surface area contributed by atoms with Crippen molar-refractivity contribution in [2.45, 2.75) is 56.5 Å². The van der Waals surface area contributed by atoms with Gasteiger partial charge in [0.1, 0.15) is 0 Å². The number of hydrogen-bond donors (Lipinski definition) is 1. The molecular weight excluding hydrogens is 390 g/mol. The molecule has 1 amide bonds. The molecule has 0 radical (unpaired) electrons. The van der Waals surface area contributed by atoms with Gasteiger partial charge in [0.25, 0.3) is 0 Å². The Labute approximate surface area is 173 Å². The summed E-state index contributed by atoms with van der Waals surface area (Å²) in [7, 11) is 1.84. The first-order valence-corrected chi connectivity index (χ1v) is 10.3. The Morgan fingerprint density at radius 2 is 2.17 bits per heavy atom. The lowest BCUT2D eigenvalue weighted by Crippen LogP contribution is -2.45. The van der Waals surface area contributed by atoms with E-state index in [1.165, 1.54) is 0 Å². The van der Waals surface area contributed by atoms with Crippen LogP contribution in [-0.2, 0) is 11.8 Å². The number of fused-ring (bicyclic) bond motifs is 2. The number of halogens is 2. The summed E-state index contributed by atoms with van der Waals surface area (Å²) >= 11 is 0. The molecule has 1 saturated carbocycles. The molecule has 2 aliphatic heterocycles. The monoisotopic (exact) mass is 414 g/mol. The highest BCUT2D eigenvalue weighted by Gasteiger charge is 2.47. The van der Waals surface area contributed by atoms with E-state index in [9.17, 15) is 13.6 Å². The zero-order valence-corrected chi connectivity index (χ0v) is 16.8. The number of aromatic nitrogens is 4. The average molecular weight is 414 g/mol. The minimum Gasteiger partial charge on any atom is -0.333 e. The maximum absolute atomic E-state index is 13.1. The Hall–Kier alpha value is -2.84. The summed E-state index contributed by atoms with van der Waals surface area (Å²) in [5.41, 5.74) is 2.77. The first-order chi connectivity index (χ1) is 14.4. The van der Waals surface area contributed by atoms with Crippen LogP contribution in [0.2, 0.25) is 0 Å². The van der Waals surface area contributed by atoms with E-state index in [0.717, 1.165) is 36.2 Å². The van der Waals surface area contributed by atoms with Crippen molar-refractivity contribution >= 4 is 23.1 Å². The summed E-state index contributed by atoms with van der Waals surface area (Å²) in [4.78, 5) is 23.6. The molecule has 158 valence electrons. The van der Waals surface area contributed by atoms with Crippen LogP contribution in [-0.4, -0.2) is 48.6 Å². The molecule has 2 unspecified atom stereocenters. The number of alkyl halides is 2. The van der Waals surface area contributed by atoms with Crippen molar-refractivity contribution in [3.63, 3.8) is 0 Å². The van der Waals surface area contributed by atoms with E-state index in [0.29, 0.717) is 5.95 Å². The van der Waals surface area contributed by atoms with E-state index in [-0.39, 0.29) is 43.2 Å². The van der Waals surface area contributed by atoms with Crippen LogP contribution in [0.3, 0.4) is 0 Å². The lowest BCUT2D eigenvalue weighted by molar-refractivity contribution is -0.143. The van der Waals surface area contributed by atoms with Crippen LogP contribution in [0.4, 0.5) is 20.4 Å². The van der Waals surface area contributed by atoms with Gasteiger partial charge >= 0.3 is 0 Å². The number of nitrogens with zero attached hydrogens (tertiary/aromatic N) is 5. The van der Waals surface area contributed by atoms with E-state index in [1.807, 2.05) is 24.2 Å². The Morgan fingerprint density at radius 3 is 2.87 bits per heavy atom. The number of hydrogen-bond acceptors (Lipinski definition) is 5. The molecule has 2 aromatic heterocycles. The summed E-state index contributed by atoms with van der Waals surface area (Å²) in [5.74, 6) is -2.24. The van der Waals surface area contributed by atoms with Crippen molar-refractivity contribution in [1.82, 2.24) is 24.6 Å². The number of rotatable bonds is 5. The van der Waals surface area contributed by atoms with Crippen LogP contribution in [0.15, 0.2) is 30.7 Å². The van der Waals surface area contributed by atoms with E-state index >= 15 is 0 Å². The van der Waals surface area contributed by atoms with Gasteiger partial charge < -0.3 is 10.2 Å². The zero-order chi connectivity index (χ0) is 20.9. The van der Waals surface area contributed by atoms with Crippen LogP contribution in [0, 0.1) is 5.92 Å². The third kappa shape index (κ3) is 3.68. The van der Waals surface area contributed by atoms with Gasteiger partial charge in [0, 0.05) is 44.7 Å². The lowest BCUT2D eigenvalue weighted by Gasteiger charge is -2.38. The van der Waals surface area contributed by atoms with Crippen molar-refractivity contribution in [2.24, 2.45) is 13.0 Å². The largest absolute Gasteiger partial charge is 0.333 e. The fourth-order valence-electron chi connectivity index (χ4n) is 4.90. The van der Waals surface area contributed by atoms with Crippen LogP contribution < -0.4 is 5.32 Å². The standard InChI is InChI=1S/C21H24F2N6O/c1-28-12-15(11-25-28)26-20-24-5-4-18(27-20)14-7-16-2-3-17(8-14)29(16)19(30)6-13-9-21(22,23)10-13/h4-5,7,11-13,16-17H,2-3,6,8-10H2,1H3,(H,24,26,27). The molecule has 0 aromatic carbocycles. The van der Waals surface area contributed by atoms with Gasteiger partial charge in [0.2, 0.25) is 17.8 Å². The number of amides is 1. The van der Waals surface area contributed by atoms with Gasteiger partial charge in [-0.25, -0.2) is 18.7 Å². The first kappa shape index (κ1) is 19.1. The van der Waals surface area contributed by atoms with Gasteiger partial charge in [-0.3, -0.25) is 9.48 Å². The van der Waals surface area contributed by atoms with E-state index < -0.39 is 5.92 Å². The molecule has 1 N–H and O–H groups in total.